The summed E-state index contributed by atoms with van der Waals surface area (Å²) in [6, 6.07) is 15.5. The number of Topliss-reactive ketones (excluding diaryl/α,β-unsaturated/α-hetero) is 1. The van der Waals surface area contributed by atoms with Gasteiger partial charge in [-0.05, 0) is 55.3 Å². The topological polar surface area (TPSA) is 106 Å². The average Bonchev–Trinajstić information content (AvgIpc) is 3.62. The summed E-state index contributed by atoms with van der Waals surface area (Å²) in [4.78, 5) is 28.0. The van der Waals surface area contributed by atoms with Crippen LogP contribution in [0.1, 0.15) is 40.4 Å². The molecule has 3 heterocycles. The van der Waals surface area contributed by atoms with E-state index < -0.39 is 23.5 Å². The van der Waals surface area contributed by atoms with Crippen molar-refractivity contribution in [2.75, 3.05) is 11.5 Å². The van der Waals surface area contributed by atoms with Gasteiger partial charge in [0.15, 0.2) is 15.9 Å². The lowest BCUT2D eigenvalue weighted by atomic mass is 9.95. The highest BCUT2D eigenvalue weighted by atomic mass is 32.2. The number of halogens is 1. The van der Waals surface area contributed by atoms with E-state index in [1.807, 2.05) is 6.92 Å². The fraction of sp³-hybridized carbons (Fsp3) is 0.185. The lowest BCUT2D eigenvalue weighted by Gasteiger charge is -2.24. The summed E-state index contributed by atoms with van der Waals surface area (Å²) >= 11 is 2.38. The first-order chi connectivity index (χ1) is 18.4. The van der Waals surface area contributed by atoms with E-state index in [0.29, 0.717) is 39.3 Å². The number of carbonyl (C=O) groups is 2. The maximum Gasteiger partial charge on any atom is 0.296 e. The molecule has 1 aliphatic rings. The van der Waals surface area contributed by atoms with Crippen molar-refractivity contribution in [1.29, 1.82) is 0 Å². The Morgan fingerprint density at radius 2 is 1.92 bits per heavy atom. The van der Waals surface area contributed by atoms with Crippen LogP contribution in [0.2, 0.25) is 0 Å². The zero-order chi connectivity index (χ0) is 26.8. The van der Waals surface area contributed by atoms with Gasteiger partial charge in [0.05, 0.1) is 18.2 Å². The molecule has 4 aromatic rings. The molecule has 0 saturated heterocycles. The zero-order valence-corrected chi connectivity index (χ0v) is 22.0. The van der Waals surface area contributed by atoms with Gasteiger partial charge in [-0.2, -0.15) is 0 Å². The number of aliphatic hydroxyl groups excluding tert-OH is 1. The first-order valence-electron chi connectivity index (χ1n) is 11.7. The van der Waals surface area contributed by atoms with Gasteiger partial charge in [0.25, 0.3) is 5.91 Å². The van der Waals surface area contributed by atoms with Crippen LogP contribution in [0, 0.1) is 12.7 Å². The van der Waals surface area contributed by atoms with Crippen LogP contribution in [0.25, 0.3) is 0 Å². The minimum Gasteiger partial charge on any atom is -0.503 e. The summed E-state index contributed by atoms with van der Waals surface area (Å²) in [5, 5.41) is 19.4. The highest BCUT2D eigenvalue weighted by Gasteiger charge is 2.46. The van der Waals surface area contributed by atoms with Gasteiger partial charge in [0, 0.05) is 5.75 Å². The summed E-state index contributed by atoms with van der Waals surface area (Å²) in [6.45, 7) is 4.04. The normalized spacial score (nSPS) is 15.4. The van der Waals surface area contributed by atoms with Crippen LogP contribution in [0.4, 0.5) is 9.52 Å². The van der Waals surface area contributed by atoms with Crippen LogP contribution in [0.3, 0.4) is 0 Å². The first kappa shape index (κ1) is 25.7. The molecule has 1 atom stereocenters. The lowest BCUT2D eigenvalue weighted by molar-refractivity contribution is -0.117. The van der Waals surface area contributed by atoms with E-state index in [4.69, 9.17) is 9.15 Å². The second-order valence-corrected chi connectivity index (χ2v) is 10.5. The molecule has 38 heavy (non-hydrogen) atoms. The molecule has 0 saturated carbocycles. The summed E-state index contributed by atoms with van der Waals surface area (Å²) in [7, 11) is 0. The van der Waals surface area contributed by atoms with Gasteiger partial charge in [-0.1, -0.05) is 53.4 Å². The third-order valence-corrected chi connectivity index (χ3v) is 7.94. The number of amides is 1. The molecule has 0 fully saturated rings. The number of ether oxygens (including phenoxy) is 1. The van der Waals surface area contributed by atoms with E-state index >= 15 is 0 Å². The third-order valence-electron chi connectivity index (χ3n) is 5.83. The summed E-state index contributed by atoms with van der Waals surface area (Å²) in [6.07, 6.45) is 0. The summed E-state index contributed by atoms with van der Waals surface area (Å²) < 4.78 is 25.6. The number of carbonyl (C=O) groups excluding carboxylic acids is 2. The number of benzene rings is 2. The zero-order valence-electron chi connectivity index (χ0n) is 20.4. The van der Waals surface area contributed by atoms with E-state index in [1.54, 1.807) is 55.5 Å². The largest absolute Gasteiger partial charge is 0.503 e. The second kappa shape index (κ2) is 10.8. The summed E-state index contributed by atoms with van der Waals surface area (Å²) in [5.74, 6) is -0.915. The Morgan fingerprint density at radius 3 is 2.61 bits per heavy atom. The van der Waals surface area contributed by atoms with Gasteiger partial charge in [-0.25, -0.2) is 4.39 Å². The smallest absolute Gasteiger partial charge is 0.296 e. The Labute approximate surface area is 225 Å². The molecule has 2 aromatic heterocycles. The Morgan fingerprint density at radius 1 is 1.16 bits per heavy atom. The molecule has 2 aromatic carbocycles. The Balaban J connectivity index is 1.49. The van der Waals surface area contributed by atoms with Crippen molar-refractivity contribution in [3.63, 3.8) is 0 Å². The molecule has 194 valence electrons. The van der Waals surface area contributed by atoms with E-state index in [2.05, 4.69) is 10.2 Å². The number of furan rings is 1. The third kappa shape index (κ3) is 4.94. The molecule has 1 N–H and O–H groups in total. The van der Waals surface area contributed by atoms with Crippen molar-refractivity contribution in [2.24, 2.45) is 0 Å². The molecule has 1 amide bonds. The number of aryl methyl sites for hydroxylation is 1. The van der Waals surface area contributed by atoms with Gasteiger partial charge in [0.2, 0.25) is 10.9 Å². The first-order valence-corrected chi connectivity index (χ1v) is 13.5. The fourth-order valence-corrected chi connectivity index (χ4v) is 5.92. The number of rotatable bonds is 9. The van der Waals surface area contributed by atoms with E-state index in [-0.39, 0.29) is 22.3 Å². The number of hydrogen-bond donors (Lipinski definition) is 1. The number of aromatic nitrogens is 2. The monoisotopic (exact) mass is 551 g/mol. The van der Waals surface area contributed by atoms with Crippen LogP contribution < -0.4 is 9.64 Å². The van der Waals surface area contributed by atoms with Crippen LogP contribution >= 0.6 is 23.1 Å². The van der Waals surface area contributed by atoms with Gasteiger partial charge in [-0.15, -0.1) is 10.2 Å². The standard InChI is InChI=1S/C27H22FN3O5S2/c1-3-35-18-11-9-16(10-12-18)22-21(23(32)20-13-8-15(2)36-20)24(33)25(34)31(22)26-29-30-27(38-26)37-14-17-6-4-5-7-19(17)28/h4-13,22,33H,3,14H2,1-2H3. The number of thioether (sulfide) groups is 1. The summed E-state index contributed by atoms with van der Waals surface area (Å²) in [5.41, 5.74) is 0.956. The SMILES string of the molecule is CCOc1ccc(C2C(C(=O)c3ccc(C)o3)=C(O)C(=O)N2c2nnc(SCc3ccccc3F)s2)cc1. The van der Waals surface area contributed by atoms with E-state index in [9.17, 15) is 19.1 Å². The Kier molecular flexibility index (Phi) is 7.30. The van der Waals surface area contributed by atoms with Crippen molar-refractivity contribution in [1.82, 2.24) is 10.2 Å². The predicted molar refractivity (Wildman–Crippen MR) is 141 cm³/mol. The van der Waals surface area contributed by atoms with Crippen molar-refractivity contribution in [3.05, 3.63) is 100 Å². The lowest BCUT2D eigenvalue weighted by Crippen LogP contribution is -2.31. The van der Waals surface area contributed by atoms with Gasteiger partial charge < -0.3 is 14.3 Å². The predicted octanol–water partition coefficient (Wildman–Crippen LogP) is 6.05. The Hall–Kier alpha value is -3.96. The molecule has 0 aliphatic carbocycles. The highest BCUT2D eigenvalue weighted by Crippen LogP contribution is 2.44. The maximum absolute atomic E-state index is 14.0. The van der Waals surface area contributed by atoms with Crippen LogP contribution in [0.15, 0.2) is 80.8 Å². The van der Waals surface area contributed by atoms with Crippen molar-refractivity contribution < 1.29 is 28.2 Å². The molecule has 0 radical (unpaired) electrons. The number of aliphatic hydroxyl groups is 1. The number of anilines is 1. The molecular weight excluding hydrogens is 529 g/mol. The van der Waals surface area contributed by atoms with E-state index in [1.165, 1.54) is 28.8 Å². The quantitative estimate of drug-likeness (QED) is 0.152. The van der Waals surface area contributed by atoms with Gasteiger partial charge in [0.1, 0.15) is 17.3 Å². The average molecular weight is 552 g/mol. The van der Waals surface area contributed by atoms with Gasteiger partial charge in [-0.3, -0.25) is 14.5 Å². The second-order valence-electron chi connectivity index (χ2n) is 8.31. The minimum absolute atomic E-state index is 0.00744. The molecule has 8 nitrogen and oxygen atoms in total. The van der Waals surface area contributed by atoms with Crippen LogP contribution in [0.5, 0.6) is 5.75 Å². The van der Waals surface area contributed by atoms with Crippen molar-refractivity contribution >= 4 is 39.9 Å². The van der Waals surface area contributed by atoms with Crippen LogP contribution in [-0.2, 0) is 10.5 Å². The number of ketones is 1. The Bertz CT molecular complexity index is 1530. The van der Waals surface area contributed by atoms with Gasteiger partial charge >= 0.3 is 0 Å². The molecule has 1 unspecified atom stereocenters. The number of nitrogens with zero attached hydrogens (tertiary/aromatic N) is 3. The fourth-order valence-electron chi connectivity index (χ4n) is 4.07. The molecule has 1 aliphatic heterocycles. The van der Waals surface area contributed by atoms with Crippen molar-refractivity contribution in [3.8, 4) is 5.75 Å². The molecule has 0 spiro atoms. The number of hydrogen-bond acceptors (Lipinski definition) is 9. The van der Waals surface area contributed by atoms with Crippen LogP contribution in [-0.4, -0.2) is 33.6 Å². The van der Waals surface area contributed by atoms with E-state index in [0.717, 1.165) is 11.3 Å². The molecular formula is C27H22FN3O5S2. The minimum atomic E-state index is -0.978. The highest BCUT2D eigenvalue weighted by molar-refractivity contribution is 8.00. The molecule has 11 heteroatoms. The molecule has 0 bridgehead atoms. The molecule has 5 rings (SSSR count). The maximum atomic E-state index is 14.0. The van der Waals surface area contributed by atoms with Crippen molar-refractivity contribution in [2.45, 2.75) is 30.0 Å².